The minimum Gasteiger partial charge on any atom is -0.495 e. The largest absolute Gasteiger partial charge is 0.495 e. The molecule has 0 spiro atoms. The summed E-state index contributed by atoms with van der Waals surface area (Å²) in [6.45, 7) is 0. The summed E-state index contributed by atoms with van der Waals surface area (Å²) < 4.78 is 43.7. The molecule has 2 N–H and O–H groups in total. The van der Waals surface area contributed by atoms with E-state index in [2.05, 4.69) is 15.6 Å². The van der Waals surface area contributed by atoms with E-state index in [9.17, 15) is 18.0 Å². The molecule has 0 radical (unpaired) electrons. The van der Waals surface area contributed by atoms with Crippen LogP contribution in [0.1, 0.15) is 15.9 Å². The van der Waals surface area contributed by atoms with E-state index in [0.29, 0.717) is 33.0 Å². The molecule has 0 saturated heterocycles. The number of hydrogen-bond donors (Lipinski definition) is 2. The van der Waals surface area contributed by atoms with Gasteiger partial charge in [-0.15, -0.1) is 0 Å². The Bertz CT molecular complexity index is 1330. The van der Waals surface area contributed by atoms with Crippen molar-refractivity contribution >= 4 is 45.5 Å². The highest BCUT2D eigenvalue weighted by Gasteiger charge is 2.30. The summed E-state index contributed by atoms with van der Waals surface area (Å²) in [5.41, 5.74) is 0.367. The summed E-state index contributed by atoms with van der Waals surface area (Å²) >= 11 is 6.02. The molecule has 0 fully saturated rings. The summed E-state index contributed by atoms with van der Waals surface area (Å²) in [5.74, 6) is 0.531. The van der Waals surface area contributed by atoms with Gasteiger partial charge in [0.2, 0.25) is 0 Å². The van der Waals surface area contributed by atoms with Crippen molar-refractivity contribution in [1.29, 1.82) is 0 Å². The van der Waals surface area contributed by atoms with Crippen LogP contribution >= 0.6 is 11.6 Å². The molecule has 0 unspecified atom stereocenters. The predicted octanol–water partition coefficient (Wildman–Crippen LogP) is 6.91. The van der Waals surface area contributed by atoms with Gasteiger partial charge in [0.1, 0.15) is 11.6 Å². The number of anilines is 3. The third kappa shape index (κ3) is 4.85. The summed E-state index contributed by atoms with van der Waals surface area (Å²) in [5, 5.41) is 7.63. The molecule has 1 heterocycles. The number of fused-ring (bicyclic) bond motifs is 1. The van der Waals surface area contributed by atoms with E-state index in [1.165, 1.54) is 25.4 Å². The van der Waals surface area contributed by atoms with Gasteiger partial charge in [-0.25, -0.2) is 4.98 Å². The number of benzene rings is 3. The van der Waals surface area contributed by atoms with Crippen LogP contribution in [0.4, 0.5) is 30.4 Å². The first-order valence-corrected chi connectivity index (χ1v) is 10.1. The van der Waals surface area contributed by atoms with Crippen LogP contribution in [0.5, 0.6) is 5.75 Å². The summed E-state index contributed by atoms with van der Waals surface area (Å²) in [6, 6.07) is 16.5. The molecule has 1 amide bonds. The number of pyridine rings is 1. The van der Waals surface area contributed by atoms with E-state index in [4.69, 9.17) is 16.3 Å². The minimum atomic E-state index is -4.45. The molecule has 0 atom stereocenters. The fourth-order valence-electron chi connectivity index (χ4n) is 3.31. The molecular weight excluding hydrogens is 455 g/mol. The zero-order chi connectivity index (χ0) is 23.6. The van der Waals surface area contributed by atoms with Crippen LogP contribution in [-0.4, -0.2) is 18.0 Å². The van der Waals surface area contributed by atoms with Crippen LogP contribution in [0.3, 0.4) is 0 Å². The Labute approximate surface area is 192 Å². The summed E-state index contributed by atoms with van der Waals surface area (Å²) in [7, 11) is 1.52. The Hall–Kier alpha value is -3.78. The predicted molar refractivity (Wildman–Crippen MR) is 122 cm³/mol. The molecule has 0 saturated carbocycles. The molecule has 168 valence electrons. The lowest BCUT2D eigenvalue weighted by atomic mass is 10.1. The van der Waals surface area contributed by atoms with Gasteiger partial charge in [0, 0.05) is 28.4 Å². The fraction of sp³-hybridized carbons (Fsp3) is 0.0833. The first kappa shape index (κ1) is 22.4. The van der Waals surface area contributed by atoms with E-state index in [1.807, 2.05) is 12.1 Å². The molecule has 0 aliphatic heterocycles. The number of hydrogen-bond acceptors (Lipinski definition) is 4. The van der Waals surface area contributed by atoms with Crippen molar-refractivity contribution in [2.75, 3.05) is 17.7 Å². The lowest BCUT2D eigenvalue weighted by Gasteiger charge is -2.14. The maximum Gasteiger partial charge on any atom is 0.416 e. The van der Waals surface area contributed by atoms with Crippen LogP contribution in [0.25, 0.3) is 10.8 Å². The normalized spacial score (nSPS) is 11.3. The molecule has 1 aromatic heterocycles. The highest BCUT2D eigenvalue weighted by molar-refractivity contribution is 6.30. The van der Waals surface area contributed by atoms with Crippen molar-refractivity contribution in [3.8, 4) is 5.75 Å². The second kappa shape index (κ2) is 8.99. The Balaban J connectivity index is 1.64. The summed E-state index contributed by atoms with van der Waals surface area (Å²) in [6.07, 6.45) is -3.04. The summed E-state index contributed by atoms with van der Waals surface area (Å²) in [4.78, 5) is 17.3. The van der Waals surface area contributed by atoms with Crippen LogP contribution in [0, 0.1) is 0 Å². The van der Waals surface area contributed by atoms with Gasteiger partial charge in [0.25, 0.3) is 5.91 Å². The number of alkyl halides is 3. The molecule has 0 bridgehead atoms. The van der Waals surface area contributed by atoms with E-state index >= 15 is 0 Å². The molecule has 33 heavy (non-hydrogen) atoms. The van der Waals surface area contributed by atoms with Crippen LogP contribution in [-0.2, 0) is 6.18 Å². The number of halogens is 4. The van der Waals surface area contributed by atoms with Gasteiger partial charge in [-0.2, -0.15) is 13.2 Å². The van der Waals surface area contributed by atoms with Crippen molar-refractivity contribution in [2.24, 2.45) is 0 Å². The van der Waals surface area contributed by atoms with E-state index in [-0.39, 0.29) is 11.3 Å². The number of carbonyl (C=O) groups is 1. The second-order valence-electron chi connectivity index (χ2n) is 7.06. The Kier molecular flexibility index (Phi) is 6.11. The van der Waals surface area contributed by atoms with Crippen LogP contribution in [0.2, 0.25) is 5.02 Å². The van der Waals surface area contributed by atoms with E-state index in [0.717, 1.165) is 12.1 Å². The molecule has 5 nitrogen and oxygen atoms in total. The van der Waals surface area contributed by atoms with Crippen molar-refractivity contribution in [1.82, 2.24) is 4.98 Å². The SMILES string of the molecule is COc1cc(Cl)ccc1Nc1ncc(C(=O)Nc2ccc(C(F)(F)F)cc2)c2ccccc12. The number of amides is 1. The first-order chi connectivity index (χ1) is 15.8. The van der Waals surface area contributed by atoms with Crippen molar-refractivity contribution in [3.63, 3.8) is 0 Å². The van der Waals surface area contributed by atoms with Gasteiger partial charge in [0.05, 0.1) is 23.9 Å². The third-order valence-electron chi connectivity index (χ3n) is 4.93. The zero-order valence-electron chi connectivity index (χ0n) is 17.2. The quantitative estimate of drug-likeness (QED) is 0.332. The van der Waals surface area contributed by atoms with Crippen molar-refractivity contribution < 1.29 is 22.7 Å². The third-order valence-corrected chi connectivity index (χ3v) is 5.16. The molecule has 9 heteroatoms. The van der Waals surface area contributed by atoms with E-state index < -0.39 is 17.6 Å². The molecular formula is C24H17ClF3N3O2. The first-order valence-electron chi connectivity index (χ1n) is 9.73. The fourth-order valence-corrected chi connectivity index (χ4v) is 3.47. The highest BCUT2D eigenvalue weighted by Crippen LogP contribution is 2.34. The maximum atomic E-state index is 12.9. The van der Waals surface area contributed by atoms with Gasteiger partial charge >= 0.3 is 6.18 Å². The number of carbonyl (C=O) groups excluding carboxylic acids is 1. The number of nitrogens with zero attached hydrogens (tertiary/aromatic N) is 1. The average Bonchev–Trinajstić information content (AvgIpc) is 2.80. The van der Waals surface area contributed by atoms with Gasteiger partial charge in [0.15, 0.2) is 0 Å². The number of methoxy groups -OCH3 is 1. The zero-order valence-corrected chi connectivity index (χ0v) is 18.0. The number of ether oxygens (including phenoxy) is 1. The van der Waals surface area contributed by atoms with Gasteiger partial charge < -0.3 is 15.4 Å². The second-order valence-corrected chi connectivity index (χ2v) is 7.50. The standard InChI is InChI=1S/C24H17ClF3N3O2/c1-33-21-12-15(25)8-11-20(21)31-22-18-5-3-2-4-17(18)19(13-29-22)23(32)30-16-9-6-14(7-10-16)24(26,27)28/h2-13H,1H3,(H,29,31)(H,30,32). The van der Waals surface area contributed by atoms with Crippen LogP contribution < -0.4 is 15.4 Å². The molecule has 3 aromatic carbocycles. The molecule has 4 rings (SSSR count). The lowest BCUT2D eigenvalue weighted by Crippen LogP contribution is -2.14. The number of aromatic nitrogens is 1. The Morgan fingerprint density at radius 1 is 1.00 bits per heavy atom. The molecule has 0 aliphatic rings. The minimum absolute atomic E-state index is 0.241. The highest BCUT2D eigenvalue weighted by atomic mass is 35.5. The Morgan fingerprint density at radius 3 is 2.36 bits per heavy atom. The van der Waals surface area contributed by atoms with Gasteiger partial charge in [-0.05, 0) is 41.8 Å². The van der Waals surface area contributed by atoms with Gasteiger partial charge in [-0.3, -0.25) is 4.79 Å². The Morgan fingerprint density at radius 2 is 1.70 bits per heavy atom. The topological polar surface area (TPSA) is 63.2 Å². The van der Waals surface area contributed by atoms with Gasteiger partial charge in [-0.1, -0.05) is 35.9 Å². The smallest absolute Gasteiger partial charge is 0.416 e. The van der Waals surface area contributed by atoms with Crippen molar-refractivity contribution in [2.45, 2.75) is 6.18 Å². The average molecular weight is 472 g/mol. The monoisotopic (exact) mass is 471 g/mol. The number of rotatable bonds is 5. The number of nitrogens with one attached hydrogen (secondary N) is 2. The molecule has 4 aromatic rings. The van der Waals surface area contributed by atoms with Crippen LogP contribution in [0.15, 0.2) is 72.9 Å². The van der Waals surface area contributed by atoms with E-state index in [1.54, 1.807) is 30.3 Å². The maximum absolute atomic E-state index is 12.9. The van der Waals surface area contributed by atoms with Crippen molar-refractivity contribution in [3.05, 3.63) is 89.1 Å². The molecule has 0 aliphatic carbocycles. The lowest BCUT2D eigenvalue weighted by molar-refractivity contribution is -0.137.